The van der Waals surface area contributed by atoms with Crippen LogP contribution in [0.3, 0.4) is 0 Å². The van der Waals surface area contributed by atoms with Crippen LogP contribution in [0.2, 0.25) is 0 Å². The lowest BCUT2D eigenvalue weighted by Gasteiger charge is -2.13. The second-order valence-corrected chi connectivity index (χ2v) is 3.37. The van der Waals surface area contributed by atoms with E-state index in [0.29, 0.717) is 11.1 Å². The third-order valence-electron chi connectivity index (χ3n) is 2.36. The molecule has 0 aliphatic carbocycles. The highest BCUT2D eigenvalue weighted by atomic mass is 19.1. The third kappa shape index (κ3) is 2.21. The topological polar surface area (TPSA) is 73.9 Å². The van der Waals surface area contributed by atoms with Gasteiger partial charge >= 0.3 is 0 Å². The van der Waals surface area contributed by atoms with Crippen LogP contribution in [0.25, 0.3) is 0 Å². The normalized spacial score (nSPS) is 12.2. The molecule has 1 unspecified atom stereocenters. The first kappa shape index (κ1) is 11.4. The zero-order chi connectivity index (χ0) is 12.3. The van der Waals surface area contributed by atoms with Crippen molar-refractivity contribution in [3.63, 3.8) is 0 Å². The average Bonchev–Trinajstić information content (AvgIpc) is 2.39. The lowest BCUT2D eigenvalue weighted by atomic mass is 10.0. The Morgan fingerprint density at radius 1 is 1.35 bits per heavy atom. The van der Waals surface area contributed by atoms with Crippen LogP contribution in [-0.2, 0) is 0 Å². The van der Waals surface area contributed by atoms with Gasteiger partial charge in [-0.2, -0.15) is 0 Å². The van der Waals surface area contributed by atoms with Gasteiger partial charge in [-0.15, -0.1) is 0 Å². The van der Waals surface area contributed by atoms with E-state index in [1.54, 1.807) is 12.4 Å². The van der Waals surface area contributed by atoms with Gasteiger partial charge in [-0.3, -0.25) is 0 Å². The smallest absolute Gasteiger partial charge is 0.250 e. The van der Waals surface area contributed by atoms with Gasteiger partial charge in [0.25, 0.3) is 0 Å². The molecule has 0 amide bonds. The first-order valence-electron chi connectivity index (χ1n) is 4.93. The fraction of sp³-hybridized carbons (Fsp3) is 0.182. The van der Waals surface area contributed by atoms with Crippen molar-refractivity contribution >= 4 is 0 Å². The van der Waals surface area contributed by atoms with E-state index in [0.717, 1.165) is 0 Å². The predicted octanol–water partition coefficient (Wildman–Crippen LogP) is 1.07. The molecule has 1 atom stereocenters. The van der Waals surface area contributed by atoms with Crippen LogP contribution in [0.1, 0.15) is 17.2 Å². The van der Waals surface area contributed by atoms with E-state index >= 15 is 0 Å². The molecule has 0 saturated carbocycles. The molecule has 2 heterocycles. The van der Waals surface area contributed by atoms with Crippen molar-refractivity contribution in [2.75, 3.05) is 7.11 Å². The first-order valence-corrected chi connectivity index (χ1v) is 4.93. The van der Waals surface area contributed by atoms with Crippen LogP contribution in [0.5, 0.6) is 5.88 Å². The molecule has 2 aromatic heterocycles. The quantitative estimate of drug-likeness (QED) is 0.859. The number of halogens is 1. The zero-order valence-electron chi connectivity index (χ0n) is 9.17. The van der Waals surface area contributed by atoms with E-state index in [1.165, 1.54) is 25.7 Å². The monoisotopic (exact) mass is 234 g/mol. The minimum Gasteiger partial charge on any atom is -0.479 e. The minimum atomic E-state index is -0.645. The lowest BCUT2D eigenvalue weighted by molar-refractivity contribution is 0.366. The number of pyridine rings is 1. The SMILES string of the molecule is COc1nccc(C(N)c2cncnc2)c1F. The largest absolute Gasteiger partial charge is 0.479 e. The Labute approximate surface area is 97.5 Å². The Morgan fingerprint density at radius 2 is 2.06 bits per heavy atom. The van der Waals surface area contributed by atoms with E-state index in [2.05, 4.69) is 15.0 Å². The van der Waals surface area contributed by atoms with Crippen LogP contribution < -0.4 is 10.5 Å². The lowest BCUT2D eigenvalue weighted by Crippen LogP contribution is -2.15. The third-order valence-corrected chi connectivity index (χ3v) is 2.36. The summed E-state index contributed by atoms with van der Waals surface area (Å²) in [6.07, 6.45) is 5.93. The van der Waals surface area contributed by atoms with Crippen LogP contribution in [0.4, 0.5) is 4.39 Å². The molecular formula is C11H11FN4O. The molecule has 0 aromatic carbocycles. The number of hydrogen-bond donors (Lipinski definition) is 1. The molecule has 0 aliphatic rings. The molecule has 0 fully saturated rings. The van der Waals surface area contributed by atoms with Crippen LogP contribution >= 0.6 is 0 Å². The van der Waals surface area contributed by atoms with E-state index in [1.807, 2.05) is 0 Å². The Morgan fingerprint density at radius 3 is 2.71 bits per heavy atom. The summed E-state index contributed by atoms with van der Waals surface area (Å²) in [5.41, 5.74) is 6.86. The second-order valence-electron chi connectivity index (χ2n) is 3.37. The van der Waals surface area contributed by atoms with Crippen LogP contribution in [0, 0.1) is 5.82 Å². The summed E-state index contributed by atoms with van der Waals surface area (Å²) < 4.78 is 18.7. The van der Waals surface area contributed by atoms with Gasteiger partial charge in [0.05, 0.1) is 13.2 Å². The Hall–Kier alpha value is -2.08. The van der Waals surface area contributed by atoms with Gasteiger partial charge in [0.1, 0.15) is 6.33 Å². The zero-order valence-corrected chi connectivity index (χ0v) is 9.17. The van der Waals surface area contributed by atoms with E-state index < -0.39 is 11.9 Å². The van der Waals surface area contributed by atoms with Gasteiger partial charge in [0.2, 0.25) is 5.88 Å². The molecule has 6 heteroatoms. The van der Waals surface area contributed by atoms with Crippen molar-refractivity contribution in [2.45, 2.75) is 6.04 Å². The Bertz CT molecular complexity index is 506. The van der Waals surface area contributed by atoms with Gasteiger partial charge in [0.15, 0.2) is 5.82 Å². The van der Waals surface area contributed by atoms with Crippen molar-refractivity contribution in [3.8, 4) is 5.88 Å². The molecule has 88 valence electrons. The minimum absolute atomic E-state index is 0.0743. The maximum Gasteiger partial charge on any atom is 0.250 e. The summed E-state index contributed by atoms with van der Waals surface area (Å²) in [6, 6.07) is 0.864. The second kappa shape index (κ2) is 4.84. The fourth-order valence-corrected chi connectivity index (χ4v) is 1.47. The molecule has 0 saturated heterocycles. The van der Waals surface area contributed by atoms with Gasteiger partial charge in [-0.1, -0.05) is 0 Å². The molecule has 17 heavy (non-hydrogen) atoms. The number of rotatable bonds is 3. The molecule has 0 bridgehead atoms. The maximum absolute atomic E-state index is 13.9. The van der Waals surface area contributed by atoms with Crippen molar-refractivity contribution in [3.05, 3.63) is 47.9 Å². The molecule has 5 nitrogen and oxygen atoms in total. The molecular weight excluding hydrogens is 223 g/mol. The highest BCUT2D eigenvalue weighted by molar-refractivity contribution is 5.32. The van der Waals surface area contributed by atoms with Crippen LogP contribution in [0.15, 0.2) is 31.0 Å². The summed E-state index contributed by atoms with van der Waals surface area (Å²) in [5, 5.41) is 0. The van der Waals surface area contributed by atoms with Crippen molar-refractivity contribution in [1.29, 1.82) is 0 Å². The molecule has 2 aromatic rings. The summed E-state index contributed by atoms with van der Waals surface area (Å²) in [4.78, 5) is 11.4. The van der Waals surface area contributed by atoms with Gasteiger partial charge < -0.3 is 10.5 Å². The average molecular weight is 234 g/mol. The fourth-order valence-electron chi connectivity index (χ4n) is 1.47. The summed E-state index contributed by atoms with van der Waals surface area (Å²) in [6.45, 7) is 0. The summed E-state index contributed by atoms with van der Waals surface area (Å²) in [5.74, 6) is -0.638. The Balaban J connectivity index is 2.41. The van der Waals surface area contributed by atoms with Crippen LogP contribution in [-0.4, -0.2) is 22.1 Å². The molecule has 2 rings (SSSR count). The number of ether oxygens (including phenoxy) is 1. The van der Waals surface area contributed by atoms with Crippen molar-refractivity contribution in [2.24, 2.45) is 5.73 Å². The van der Waals surface area contributed by atoms with Gasteiger partial charge in [0, 0.05) is 29.7 Å². The molecule has 0 radical (unpaired) electrons. The highest BCUT2D eigenvalue weighted by Gasteiger charge is 2.17. The van der Waals surface area contributed by atoms with E-state index in [4.69, 9.17) is 10.5 Å². The first-order chi connectivity index (χ1) is 8.24. The van der Waals surface area contributed by atoms with E-state index in [-0.39, 0.29) is 5.88 Å². The Kier molecular flexibility index (Phi) is 3.24. The number of nitrogens with two attached hydrogens (primary N) is 1. The van der Waals surface area contributed by atoms with Crippen molar-refractivity contribution < 1.29 is 9.13 Å². The predicted molar refractivity (Wildman–Crippen MR) is 58.8 cm³/mol. The molecule has 0 aliphatic heterocycles. The summed E-state index contributed by atoms with van der Waals surface area (Å²) >= 11 is 0. The number of methoxy groups -OCH3 is 1. The van der Waals surface area contributed by atoms with Gasteiger partial charge in [-0.05, 0) is 6.07 Å². The summed E-state index contributed by atoms with van der Waals surface area (Å²) in [7, 11) is 1.35. The van der Waals surface area contributed by atoms with E-state index in [9.17, 15) is 4.39 Å². The highest BCUT2D eigenvalue weighted by Crippen LogP contribution is 2.25. The standard InChI is InChI=1S/C11H11FN4O/c1-17-11-9(12)8(2-3-16-11)10(13)7-4-14-6-15-5-7/h2-6,10H,13H2,1H3. The van der Waals surface area contributed by atoms with Crippen molar-refractivity contribution in [1.82, 2.24) is 15.0 Å². The molecule has 0 spiro atoms. The number of nitrogens with zero attached hydrogens (tertiary/aromatic N) is 3. The molecule has 2 N–H and O–H groups in total. The number of aromatic nitrogens is 3. The number of hydrogen-bond acceptors (Lipinski definition) is 5. The van der Waals surface area contributed by atoms with Gasteiger partial charge in [-0.25, -0.2) is 19.3 Å². The maximum atomic E-state index is 13.9.